The van der Waals surface area contributed by atoms with Crippen LogP contribution in [-0.2, 0) is 20.7 Å². The van der Waals surface area contributed by atoms with Gasteiger partial charge in [-0.2, -0.15) is 0 Å². The summed E-state index contributed by atoms with van der Waals surface area (Å²) in [4.78, 5) is 0.689. The topological polar surface area (TPSA) is 46.2 Å². The second kappa shape index (κ2) is 7.99. The van der Waals surface area contributed by atoms with Crippen LogP contribution in [0.25, 0.3) is 0 Å². The maximum absolute atomic E-state index is 13.9. The van der Waals surface area contributed by atoms with Crippen molar-refractivity contribution in [1.82, 2.24) is 0 Å². The van der Waals surface area contributed by atoms with Crippen molar-refractivity contribution in [3.63, 3.8) is 0 Å². The van der Waals surface area contributed by atoms with E-state index in [1.54, 1.807) is 0 Å². The van der Waals surface area contributed by atoms with E-state index >= 15 is 0 Å². The monoisotopic (exact) mass is 469 g/mol. The average molecular weight is 470 g/mol. The molecule has 2 aliphatic rings. The SMILES string of the molecule is CC(C)(C1=CCCC=C1)c1ccc2c(c1)S(=O)(=O)c1cc(C(C)(C)c3ccccc3)ccc1N2. The molecule has 1 aliphatic heterocycles. The summed E-state index contributed by atoms with van der Waals surface area (Å²) in [5.41, 5.74) is 5.01. The van der Waals surface area contributed by atoms with E-state index in [0.29, 0.717) is 21.2 Å². The van der Waals surface area contributed by atoms with Crippen molar-refractivity contribution in [2.45, 2.75) is 61.2 Å². The fourth-order valence-electron chi connectivity index (χ4n) is 5.00. The van der Waals surface area contributed by atoms with Crippen molar-refractivity contribution in [1.29, 1.82) is 0 Å². The number of benzene rings is 3. The third kappa shape index (κ3) is 3.61. The van der Waals surface area contributed by atoms with E-state index < -0.39 is 9.84 Å². The first kappa shape index (κ1) is 22.7. The highest BCUT2D eigenvalue weighted by molar-refractivity contribution is 7.92. The van der Waals surface area contributed by atoms with Crippen LogP contribution in [0.15, 0.2) is 100 Å². The largest absolute Gasteiger partial charge is 0.353 e. The minimum absolute atomic E-state index is 0.279. The summed E-state index contributed by atoms with van der Waals surface area (Å²) in [5.74, 6) is 0. The van der Waals surface area contributed by atoms with E-state index in [1.165, 1.54) is 5.57 Å². The molecule has 0 fully saturated rings. The summed E-state index contributed by atoms with van der Waals surface area (Å²) in [6.45, 7) is 8.58. The van der Waals surface area contributed by atoms with E-state index in [4.69, 9.17) is 0 Å². The first-order chi connectivity index (χ1) is 16.1. The number of rotatable bonds is 4. The zero-order chi connectivity index (χ0) is 24.1. The van der Waals surface area contributed by atoms with Crippen LogP contribution < -0.4 is 5.32 Å². The predicted molar refractivity (Wildman–Crippen MR) is 140 cm³/mol. The Bertz CT molecular complexity index is 1430. The van der Waals surface area contributed by atoms with Gasteiger partial charge in [0.05, 0.1) is 21.2 Å². The minimum atomic E-state index is -3.68. The summed E-state index contributed by atoms with van der Waals surface area (Å²) < 4.78 is 27.8. The van der Waals surface area contributed by atoms with Crippen molar-refractivity contribution in [2.24, 2.45) is 0 Å². The summed E-state index contributed by atoms with van der Waals surface area (Å²) in [6, 6.07) is 21.8. The maximum Gasteiger partial charge on any atom is 0.210 e. The molecule has 0 amide bonds. The van der Waals surface area contributed by atoms with Crippen molar-refractivity contribution in [3.05, 3.63) is 107 Å². The van der Waals surface area contributed by atoms with Crippen LogP contribution in [0.3, 0.4) is 0 Å². The lowest BCUT2D eigenvalue weighted by Crippen LogP contribution is -2.23. The Labute approximate surface area is 203 Å². The molecular formula is C30H31NO2S. The zero-order valence-corrected chi connectivity index (χ0v) is 21.0. The van der Waals surface area contributed by atoms with Crippen LogP contribution in [-0.4, -0.2) is 8.42 Å². The van der Waals surface area contributed by atoms with Gasteiger partial charge in [-0.25, -0.2) is 8.42 Å². The van der Waals surface area contributed by atoms with E-state index in [0.717, 1.165) is 29.5 Å². The number of anilines is 2. The summed E-state index contributed by atoms with van der Waals surface area (Å²) in [6.07, 6.45) is 8.70. The molecule has 0 bridgehead atoms. The fourth-order valence-corrected chi connectivity index (χ4v) is 6.62. The lowest BCUT2D eigenvalue weighted by Gasteiger charge is -2.31. The quantitative estimate of drug-likeness (QED) is 0.337. The van der Waals surface area contributed by atoms with Crippen LogP contribution >= 0.6 is 0 Å². The lowest BCUT2D eigenvalue weighted by atomic mass is 9.76. The second-order valence-electron chi connectivity index (χ2n) is 10.3. The molecule has 0 saturated heterocycles. The molecule has 0 atom stereocenters. The Morgan fingerprint density at radius 2 is 1.29 bits per heavy atom. The first-order valence-corrected chi connectivity index (χ1v) is 13.3. The Morgan fingerprint density at radius 1 is 0.706 bits per heavy atom. The highest BCUT2D eigenvalue weighted by Gasteiger charge is 2.34. The molecule has 0 unspecified atom stereocenters. The van der Waals surface area contributed by atoms with Gasteiger partial charge in [0.15, 0.2) is 0 Å². The van der Waals surface area contributed by atoms with Crippen molar-refractivity contribution in [2.75, 3.05) is 5.32 Å². The molecule has 34 heavy (non-hydrogen) atoms. The first-order valence-electron chi connectivity index (χ1n) is 11.9. The molecule has 4 heteroatoms. The van der Waals surface area contributed by atoms with Gasteiger partial charge in [-0.1, -0.05) is 88.4 Å². The van der Waals surface area contributed by atoms with Crippen molar-refractivity contribution >= 4 is 21.2 Å². The molecule has 1 aliphatic carbocycles. The van der Waals surface area contributed by atoms with Gasteiger partial charge < -0.3 is 5.32 Å². The number of allylic oxidation sites excluding steroid dienone is 4. The lowest BCUT2D eigenvalue weighted by molar-refractivity contribution is 0.592. The number of nitrogens with one attached hydrogen (secondary N) is 1. The van der Waals surface area contributed by atoms with Crippen LogP contribution in [0.5, 0.6) is 0 Å². The molecular weight excluding hydrogens is 438 g/mol. The minimum Gasteiger partial charge on any atom is -0.353 e. The normalized spacial score (nSPS) is 16.8. The van der Waals surface area contributed by atoms with Crippen molar-refractivity contribution in [3.8, 4) is 0 Å². The van der Waals surface area contributed by atoms with Gasteiger partial charge in [0.1, 0.15) is 0 Å². The van der Waals surface area contributed by atoms with Gasteiger partial charge >= 0.3 is 0 Å². The summed E-state index contributed by atoms with van der Waals surface area (Å²) >= 11 is 0. The molecule has 0 radical (unpaired) electrons. The van der Waals surface area contributed by atoms with Gasteiger partial charge in [0, 0.05) is 10.8 Å². The molecule has 3 aromatic carbocycles. The molecule has 0 saturated carbocycles. The maximum atomic E-state index is 13.9. The summed E-state index contributed by atoms with van der Waals surface area (Å²) in [5, 5.41) is 3.36. The van der Waals surface area contributed by atoms with Gasteiger partial charge in [0.25, 0.3) is 0 Å². The number of hydrogen-bond acceptors (Lipinski definition) is 3. The van der Waals surface area contributed by atoms with Gasteiger partial charge in [-0.3, -0.25) is 0 Å². The molecule has 0 spiro atoms. The number of hydrogen-bond donors (Lipinski definition) is 1. The van der Waals surface area contributed by atoms with Crippen LogP contribution in [0, 0.1) is 0 Å². The molecule has 0 aromatic heterocycles. The zero-order valence-electron chi connectivity index (χ0n) is 20.2. The Hall–Kier alpha value is -3.11. The number of sulfone groups is 1. The molecule has 5 rings (SSSR count). The van der Waals surface area contributed by atoms with Gasteiger partial charge in [-0.05, 0) is 59.4 Å². The smallest absolute Gasteiger partial charge is 0.210 e. The molecule has 3 aromatic rings. The fraction of sp³-hybridized carbons (Fsp3) is 0.267. The Balaban J connectivity index is 1.59. The third-order valence-corrected chi connectivity index (χ3v) is 9.30. The Morgan fingerprint density at radius 3 is 1.85 bits per heavy atom. The summed E-state index contributed by atoms with van der Waals surface area (Å²) in [7, 11) is -3.68. The van der Waals surface area contributed by atoms with Crippen LogP contribution in [0.2, 0.25) is 0 Å². The van der Waals surface area contributed by atoms with E-state index in [2.05, 4.69) is 63.4 Å². The Kier molecular flexibility index (Phi) is 5.33. The molecule has 1 N–H and O–H groups in total. The van der Waals surface area contributed by atoms with Crippen LogP contribution in [0.4, 0.5) is 11.4 Å². The molecule has 3 nitrogen and oxygen atoms in total. The average Bonchev–Trinajstić information content (AvgIpc) is 2.85. The van der Waals surface area contributed by atoms with E-state index in [-0.39, 0.29) is 10.8 Å². The van der Waals surface area contributed by atoms with E-state index in [1.807, 2.05) is 54.6 Å². The highest BCUT2D eigenvalue weighted by atomic mass is 32.2. The van der Waals surface area contributed by atoms with Crippen LogP contribution in [0.1, 0.15) is 57.2 Å². The second-order valence-corrected chi connectivity index (χ2v) is 12.2. The number of fused-ring (bicyclic) bond motifs is 2. The van der Waals surface area contributed by atoms with Crippen molar-refractivity contribution < 1.29 is 8.42 Å². The van der Waals surface area contributed by atoms with E-state index in [9.17, 15) is 8.42 Å². The molecule has 174 valence electrons. The van der Waals surface area contributed by atoms with Gasteiger partial charge in [-0.15, -0.1) is 0 Å². The molecule has 1 heterocycles. The third-order valence-electron chi connectivity index (χ3n) is 7.47. The highest BCUT2D eigenvalue weighted by Crippen LogP contribution is 2.44. The predicted octanol–water partition coefficient (Wildman–Crippen LogP) is 7.46. The standard InChI is InChI=1S/C30H31NO2S/c1-29(2,21-11-7-5-8-12-21)23-15-17-25-27(19-23)34(32,33)28-20-24(16-18-26(28)31-25)30(3,4)22-13-9-6-10-14-22/h5,7-9,11-20,31H,6,10H2,1-4H3. The van der Waals surface area contributed by atoms with Gasteiger partial charge in [0.2, 0.25) is 9.84 Å².